The van der Waals surface area contributed by atoms with Gasteiger partial charge in [0.05, 0.1) is 7.11 Å². The highest BCUT2D eigenvalue weighted by atomic mass is 35.5. The van der Waals surface area contributed by atoms with Crippen LogP contribution < -0.4 is 4.74 Å². The van der Waals surface area contributed by atoms with Gasteiger partial charge in [-0.05, 0) is 17.7 Å². The fourth-order valence-electron chi connectivity index (χ4n) is 1.04. The molecule has 1 atom stereocenters. The number of phenols is 1. The van der Waals surface area contributed by atoms with E-state index in [1.165, 1.54) is 7.11 Å². The molecule has 1 aromatic rings. The van der Waals surface area contributed by atoms with Crippen LogP contribution in [-0.4, -0.2) is 18.4 Å². The summed E-state index contributed by atoms with van der Waals surface area (Å²) in [6, 6.07) is 3.26. The van der Waals surface area contributed by atoms with Crippen molar-refractivity contribution >= 4 is 11.6 Å². The maximum absolute atomic E-state index is 12.2. The van der Waals surface area contributed by atoms with E-state index in [1.807, 2.05) is 0 Å². The quantitative estimate of drug-likeness (QED) is 0.804. The smallest absolute Gasteiger partial charge is 0.408 e. The lowest BCUT2D eigenvalue weighted by Crippen LogP contribution is -2.15. The molecule has 0 amide bonds. The molecule has 0 aliphatic carbocycles. The van der Waals surface area contributed by atoms with Crippen LogP contribution in [0.1, 0.15) is 10.9 Å². The van der Waals surface area contributed by atoms with Crippen molar-refractivity contribution in [3.05, 3.63) is 23.8 Å². The summed E-state index contributed by atoms with van der Waals surface area (Å²) in [4.78, 5) is 0. The lowest BCUT2D eigenvalue weighted by atomic mass is 10.1. The molecule has 6 heteroatoms. The summed E-state index contributed by atoms with van der Waals surface area (Å²) < 4.78 is 41.4. The highest BCUT2D eigenvalue weighted by Crippen LogP contribution is 2.40. The van der Waals surface area contributed by atoms with Gasteiger partial charge in [0, 0.05) is 0 Å². The Morgan fingerprint density at radius 3 is 2.47 bits per heavy atom. The molecular formula is C9H8ClF3O2. The van der Waals surface area contributed by atoms with Crippen molar-refractivity contribution in [2.24, 2.45) is 0 Å². The maximum atomic E-state index is 12.2. The lowest BCUT2D eigenvalue weighted by molar-refractivity contribution is -0.131. The van der Waals surface area contributed by atoms with E-state index in [4.69, 9.17) is 11.6 Å². The van der Waals surface area contributed by atoms with Gasteiger partial charge >= 0.3 is 6.18 Å². The van der Waals surface area contributed by atoms with Crippen LogP contribution in [-0.2, 0) is 0 Å². The molecule has 1 N–H and O–H groups in total. The third-order valence-electron chi connectivity index (χ3n) is 1.78. The van der Waals surface area contributed by atoms with Gasteiger partial charge in [0.15, 0.2) is 16.9 Å². The van der Waals surface area contributed by atoms with Gasteiger partial charge in [-0.15, -0.1) is 11.6 Å². The Morgan fingerprint density at radius 2 is 2.00 bits per heavy atom. The van der Waals surface area contributed by atoms with Crippen LogP contribution in [0.5, 0.6) is 11.5 Å². The van der Waals surface area contributed by atoms with Crippen molar-refractivity contribution in [3.63, 3.8) is 0 Å². The summed E-state index contributed by atoms with van der Waals surface area (Å²) in [6.45, 7) is 0. The lowest BCUT2D eigenvalue weighted by Gasteiger charge is -2.14. The van der Waals surface area contributed by atoms with Crippen molar-refractivity contribution < 1.29 is 23.0 Å². The van der Waals surface area contributed by atoms with Crippen molar-refractivity contribution in [2.75, 3.05) is 7.11 Å². The summed E-state index contributed by atoms with van der Waals surface area (Å²) in [5.41, 5.74) is -0.168. The molecule has 1 rings (SSSR count). The van der Waals surface area contributed by atoms with Gasteiger partial charge in [-0.1, -0.05) is 6.07 Å². The van der Waals surface area contributed by atoms with Crippen LogP contribution in [0.2, 0.25) is 0 Å². The van der Waals surface area contributed by atoms with Crippen LogP contribution in [0, 0.1) is 0 Å². The first-order chi connectivity index (χ1) is 6.86. The van der Waals surface area contributed by atoms with E-state index in [-0.39, 0.29) is 17.1 Å². The fraction of sp³-hybridized carbons (Fsp3) is 0.333. The molecule has 1 aromatic carbocycles. The zero-order chi connectivity index (χ0) is 11.6. The highest BCUT2D eigenvalue weighted by Gasteiger charge is 2.39. The molecule has 0 bridgehead atoms. The Hall–Kier alpha value is -1.10. The average Bonchev–Trinajstić information content (AvgIpc) is 2.16. The molecule has 0 saturated heterocycles. The minimum atomic E-state index is -4.52. The number of rotatable bonds is 2. The normalized spacial score (nSPS) is 13.7. The molecule has 0 aliphatic rings. The molecule has 84 valence electrons. The second-order valence-electron chi connectivity index (χ2n) is 2.84. The van der Waals surface area contributed by atoms with E-state index in [0.717, 1.165) is 18.2 Å². The number of aromatic hydroxyl groups is 1. The molecule has 0 heterocycles. The molecule has 15 heavy (non-hydrogen) atoms. The monoisotopic (exact) mass is 240 g/mol. The number of hydrogen-bond donors (Lipinski definition) is 1. The molecule has 0 aliphatic heterocycles. The van der Waals surface area contributed by atoms with Crippen molar-refractivity contribution in [2.45, 2.75) is 11.6 Å². The fourth-order valence-corrected chi connectivity index (χ4v) is 1.18. The summed E-state index contributed by atoms with van der Waals surface area (Å²) >= 11 is 5.20. The van der Waals surface area contributed by atoms with E-state index >= 15 is 0 Å². The van der Waals surface area contributed by atoms with Gasteiger partial charge in [-0.25, -0.2) is 0 Å². The number of benzene rings is 1. The highest BCUT2D eigenvalue weighted by molar-refractivity contribution is 6.21. The number of hydrogen-bond acceptors (Lipinski definition) is 2. The Bertz CT molecular complexity index is 352. The summed E-state index contributed by atoms with van der Waals surface area (Å²) in [6.07, 6.45) is -4.52. The number of halogens is 4. The molecule has 0 radical (unpaired) electrons. The summed E-state index contributed by atoms with van der Waals surface area (Å²) in [7, 11) is 1.25. The molecule has 0 saturated carbocycles. The van der Waals surface area contributed by atoms with Gasteiger partial charge in [0.25, 0.3) is 0 Å². The molecule has 1 unspecified atom stereocenters. The number of methoxy groups -OCH3 is 1. The molecule has 0 aromatic heterocycles. The van der Waals surface area contributed by atoms with E-state index in [0.29, 0.717) is 0 Å². The zero-order valence-corrected chi connectivity index (χ0v) is 8.43. The van der Waals surface area contributed by atoms with Crippen molar-refractivity contribution in [3.8, 4) is 11.5 Å². The number of phenolic OH excluding ortho intramolecular Hbond substituents is 1. The Morgan fingerprint density at radius 1 is 1.40 bits per heavy atom. The minimum absolute atomic E-state index is 0.0394. The van der Waals surface area contributed by atoms with Gasteiger partial charge < -0.3 is 9.84 Å². The van der Waals surface area contributed by atoms with E-state index in [1.54, 1.807) is 0 Å². The third-order valence-corrected chi connectivity index (χ3v) is 2.28. The SMILES string of the molecule is COc1cc(C(Cl)C(F)(F)F)ccc1O. The Labute approximate surface area is 89.2 Å². The van der Waals surface area contributed by atoms with Gasteiger partial charge in [0.1, 0.15) is 0 Å². The summed E-state index contributed by atoms with van der Waals surface area (Å²) in [5.74, 6) is -0.269. The maximum Gasteiger partial charge on any atom is 0.408 e. The molecule has 0 spiro atoms. The predicted molar refractivity (Wildman–Crippen MR) is 49.3 cm³/mol. The third kappa shape index (κ3) is 2.68. The molecular weight excluding hydrogens is 233 g/mol. The first-order valence-electron chi connectivity index (χ1n) is 3.94. The standard InChI is InChI=1S/C9H8ClF3O2/c1-15-7-4-5(2-3-6(7)14)8(10)9(11,12)13/h2-4,8,14H,1H3. The Kier molecular flexibility index (Phi) is 3.34. The Balaban J connectivity index is 3.06. The minimum Gasteiger partial charge on any atom is -0.504 e. The first kappa shape index (κ1) is 12.0. The predicted octanol–water partition coefficient (Wildman–Crippen LogP) is 3.24. The number of alkyl halides is 4. The largest absolute Gasteiger partial charge is 0.504 e. The van der Waals surface area contributed by atoms with Crippen LogP contribution in [0.3, 0.4) is 0 Å². The van der Waals surface area contributed by atoms with Gasteiger partial charge in [0.2, 0.25) is 0 Å². The van der Waals surface area contributed by atoms with E-state index in [2.05, 4.69) is 4.74 Å². The van der Waals surface area contributed by atoms with Crippen LogP contribution >= 0.6 is 11.6 Å². The second kappa shape index (κ2) is 4.18. The summed E-state index contributed by atoms with van der Waals surface area (Å²) in [5, 5.41) is 7.07. The van der Waals surface area contributed by atoms with Crippen molar-refractivity contribution in [1.82, 2.24) is 0 Å². The van der Waals surface area contributed by atoms with Gasteiger partial charge in [-0.2, -0.15) is 13.2 Å². The molecule has 2 nitrogen and oxygen atoms in total. The van der Waals surface area contributed by atoms with Crippen LogP contribution in [0.15, 0.2) is 18.2 Å². The molecule has 0 fully saturated rings. The van der Waals surface area contributed by atoms with Crippen LogP contribution in [0.25, 0.3) is 0 Å². The van der Waals surface area contributed by atoms with E-state index in [9.17, 15) is 18.3 Å². The topological polar surface area (TPSA) is 29.5 Å². The van der Waals surface area contributed by atoms with E-state index < -0.39 is 11.6 Å². The second-order valence-corrected chi connectivity index (χ2v) is 3.27. The zero-order valence-electron chi connectivity index (χ0n) is 7.68. The average molecular weight is 241 g/mol. The number of ether oxygens (including phenoxy) is 1. The first-order valence-corrected chi connectivity index (χ1v) is 4.37. The van der Waals surface area contributed by atoms with Gasteiger partial charge in [-0.3, -0.25) is 0 Å². The van der Waals surface area contributed by atoms with Crippen molar-refractivity contribution in [1.29, 1.82) is 0 Å². The van der Waals surface area contributed by atoms with Crippen LogP contribution in [0.4, 0.5) is 13.2 Å².